The van der Waals surface area contributed by atoms with Crippen LogP contribution in [0.2, 0.25) is 0 Å². The van der Waals surface area contributed by atoms with E-state index in [9.17, 15) is 0 Å². The molecule has 0 aliphatic heterocycles. The van der Waals surface area contributed by atoms with E-state index in [1.807, 2.05) is 6.07 Å². The van der Waals surface area contributed by atoms with E-state index >= 15 is 0 Å². The van der Waals surface area contributed by atoms with Gasteiger partial charge in [0.05, 0.1) is 18.6 Å². The Bertz CT molecular complexity index is 257. The van der Waals surface area contributed by atoms with Gasteiger partial charge in [0.1, 0.15) is 0 Å². The van der Waals surface area contributed by atoms with Crippen molar-refractivity contribution in [3.63, 3.8) is 0 Å². The summed E-state index contributed by atoms with van der Waals surface area (Å²) in [5.41, 5.74) is 1.21. The summed E-state index contributed by atoms with van der Waals surface area (Å²) in [4.78, 5) is 0. The first-order valence-electron chi connectivity index (χ1n) is 6.07. The van der Waals surface area contributed by atoms with Crippen LogP contribution in [0.1, 0.15) is 45.2 Å². The highest BCUT2D eigenvalue weighted by Crippen LogP contribution is 2.11. The SMILES string of the molecule is CC(C)OCCCCNC(C)c1ccoc1. The molecule has 0 fully saturated rings. The normalized spacial score (nSPS) is 13.2. The summed E-state index contributed by atoms with van der Waals surface area (Å²) < 4.78 is 10.5. The van der Waals surface area contributed by atoms with Crippen LogP contribution in [0.3, 0.4) is 0 Å². The van der Waals surface area contributed by atoms with Gasteiger partial charge in [0.2, 0.25) is 0 Å². The fourth-order valence-corrected chi connectivity index (χ4v) is 1.50. The van der Waals surface area contributed by atoms with Crippen molar-refractivity contribution in [3.05, 3.63) is 24.2 Å². The maximum Gasteiger partial charge on any atom is 0.0950 e. The zero-order valence-corrected chi connectivity index (χ0v) is 10.5. The maximum atomic E-state index is 5.48. The molecule has 0 aliphatic rings. The Hall–Kier alpha value is -0.800. The molecule has 16 heavy (non-hydrogen) atoms. The van der Waals surface area contributed by atoms with Crippen molar-refractivity contribution >= 4 is 0 Å². The van der Waals surface area contributed by atoms with Crippen LogP contribution in [0.25, 0.3) is 0 Å². The molecule has 1 aromatic rings. The molecule has 0 aliphatic carbocycles. The number of hydrogen-bond acceptors (Lipinski definition) is 3. The van der Waals surface area contributed by atoms with Gasteiger partial charge in [-0.2, -0.15) is 0 Å². The van der Waals surface area contributed by atoms with Crippen LogP contribution in [-0.2, 0) is 4.74 Å². The maximum absolute atomic E-state index is 5.48. The lowest BCUT2D eigenvalue weighted by molar-refractivity contribution is 0.0759. The van der Waals surface area contributed by atoms with Gasteiger partial charge >= 0.3 is 0 Å². The summed E-state index contributed by atoms with van der Waals surface area (Å²) in [5.74, 6) is 0. The first kappa shape index (κ1) is 13.3. The minimum atomic E-state index is 0.345. The standard InChI is InChI=1S/C13H23NO2/c1-11(2)16-8-5-4-7-14-12(3)13-6-9-15-10-13/h6,9-12,14H,4-5,7-8H2,1-3H3. The summed E-state index contributed by atoms with van der Waals surface area (Å²) >= 11 is 0. The minimum absolute atomic E-state index is 0.345. The predicted molar refractivity (Wildman–Crippen MR) is 65.4 cm³/mol. The summed E-state index contributed by atoms with van der Waals surface area (Å²) in [6, 6.07) is 2.37. The quantitative estimate of drug-likeness (QED) is 0.690. The molecule has 0 saturated carbocycles. The fourth-order valence-electron chi connectivity index (χ4n) is 1.50. The highest BCUT2D eigenvalue weighted by atomic mass is 16.5. The second kappa shape index (κ2) is 7.47. The molecule has 1 atom stereocenters. The average Bonchev–Trinajstić information content (AvgIpc) is 2.75. The van der Waals surface area contributed by atoms with Gasteiger partial charge in [-0.15, -0.1) is 0 Å². The lowest BCUT2D eigenvalue weighted by atomic mass is 10.2. The third-order valence-electron chi connectivity index (χ3n) is 2.52. The largest absolute Gasteiger partial charge is 0.472 e. The van der Waals surface area contributed by atoms with Gasteiger partial charge in [-0.25, -0.2) is 0 Å². The third kappa shape index (κ3) is 5.33. The Balaban J connectivity index is 1.99. The number of hydrogen-bond donors (Lipinski definition) is 1. The molecule has 0 saturated heterocycles. The van der Waals surface area contributed by atoms with E-state index in [2.05, 4.69) is 26.1 Å². The molecule has 0 radical (unpaired) electrons. The van der Waals surface area contributed by atoms with Crippen LogP contribution in [0.5, 0.6) is 0 Å². The van der Waals surface area contributed by atoms with E-state index in [0.29, 0.717) is 12.1 Å². The average molecular weight is 225 g/mol. The molecule has 0 aromatic carbocycles. The molecule has 3 heteroatoms. The lowest BCUT2D eigenvalue weighted by Gasteiger charge is -2.12. The van der Waals surface area contributed by atoms with Crippen LogP contribution in [-0.4, -0.2) is 19.3 Å². The van der Waals surface area contributed by atoms with Crippen molar-refractivity contribution in [2.45, 2.75) is 45.8 Å². The Kier molecular flexibility index (Phi) is 6.19. The van der Waals surface area contributed by atoms with E-state index in [4.69, 9.17) is 9.15 Å². The highest BCUT2D eigenvalue weighted by molar-refractivity contribution is 5.09. The molecule has 1 N–H and O–H groups in total. The number of rotatable bonds is 8. The topological polar surface area (TPSA) is 34.4 Å². The van der Waals surface area contributed by atoms with Gasteiger partial charge in [0, 0.05) is 18.2 Å². The summed E-state index contributed by atoms with van der Waals surface area (Å²) in [7, 11) is 0. The van der Waals surface area contributed by atoms with Crippen LogP contribution < -0.4 is 5.32 Å². The number of nitrogens with one attached hydrogen (secondary N) is 1. The van der Waals surface area contributed by atoms with E-state index in [1.54, 1.807) is 12.5 Å². The number of furan rings is 1. The van der Waals surface area contributed by atoms with Crippen LogP contribution in [0.15, 0.2) is 23.0 Å². The molecule has 3 nitrogen and oxygen atoms in total. The third-order valence-corrected chi connectivity index (χ3v) is 2.52. The second-order valence-electron chi connectivity index (χ2n) is 4.36. The fraction of sp³-hybridized carbons (Fsp3) is 0.692. The zero-order chi connectivity index (χ0) is 11.8. The monoisotopic (exact) mass is 225 g/mol. The van der Waals surface area contributed by atoms with Crippen molar-refractivity contribution in [1.29, 1.82) is 0 Å². The molecule has 1 rings (SSSR count). The first-order valence-corrected chi connectivity index (χ1v) is 6.07. The number of ether oxygens (including phenoxy) is 1. The molecule has 1 heterocycles. The van der Waals surface area contributed by atoms with Gasteiger partial charge in [-0.05, 0) is 46.2 Å². The molecule has 1 aromatic heterocycles. The van der Waals surface area contributed by atoms with Crippen molar-refractivity contribution in [2.24, 2.45) is 0 Å². The zero-order valence-electron chi connectivity index (χ0n) is 10.5. The summed E-state index contributed by atoms with van der Waals surface area (Å²) in [6.45, 7) is 8.17. The highest BCUT2D eigenvalue weighted by Gasteiger charge is 2.04. The van der Waals surface area contributed by atoms with E-state index in [1.165, 1.54) is 5.56 Å². The summed E-state index contributed by atoms with van der Waals surface area (Å²) in [5, 5.41) is 3.46. The second-order valence-corrected chi connectivity index (χ2v) is 4.36. The summed E-state index contributed by atoms with van der Waals surface area (Å²) in [6.07, 6.45) is 6.11. The van der Waals surface area contributed by atoms with Gasteiger partial charge in [0.15, 0.2) is 0 Å². The van der Waals surface area contributed by atoms with E-state index < -0.39 is 0 Å². The molecule has 0 bridgehead atoms. The van der Waals surface area contributed by atoms with Gasteiger partial charge in [0.25, 0.3) is 0 Å². The Morgan fingerprint density at radius 2 is 2.12 bits per heavy atom. The van der Waals surface area contributed by atoms with Crippen molar-refractivity contribution in [3.8, 4) is 0 Å². The molecule has 1 unspecified atom stereocenters. The van der Waals surface area contributed by atoms with Crippen molar-refractivity contribution in [2.75, 3.05) is 13.2 Å². The molecule has 0 spiro atoms. The van der Waals surface area contributed by atoms with Gasteiger partial charge in [-0.3, -0.25) is 0 Å². The van der Waals surface area contributed by atoms with E-state index in [-0.39, 0.29) is 0 Å². The smallest absolute Gasteiger partial charge is 0.0950 e. The van der Waals surface area contributed by atoms with Crippen LogP contribution >= 0.6 is 0 Å². The Labute approximate surface area is 98.2 Å². The van der Waals surface area contributed by atoms with Crippen LogP contribution in [0, 0.1) is 0 Å². The lowest BCUT2D eigenvalue weighted by Crippen LogP contribution is -2.19. The van der Waals surface area contributed by atoms with Crippen molar-refractivity contribution in [1.82, 2.24) is 5.32 Å². The molecule has 92 valence electrons. The predicted octanol–water partition coefficient (Wildman–Crippen LogP) is 3.14. The Morgan fingerprint density at radius 3 is 2.75 bits per heavy atom. The van der Waals surface area contributed by atoms with Crippen molar-refractivity contribution < 1.29 is 9.15 Å². The Morgan fingerprint density at radius 1 is 1.31 bits per heavy atom. The first-order chi connectivity index (χ1) is 7.70. The minimum Gasteiger partial charge on any atom is -0.472 e. The van der Waals surface area contributed by atoms with E-state index in [0.717, 1.165) is 26.0 Å². The molecular weight excluding hydrogens is 202 g/mol. The molecule has 0 amide bonds. The van der Waals surface area contributed by atoms with Gasteiger partial charge in [-0.1, -0.05) is 0 Å². The number of unbranched alkanes of at least 4 members (excludes halogenated alkanes) is 1. The molecular formula is C13H23NO2. The van der Waals surface area contributed by atoms with Crippen LogP contribution in [0.4, 0.5) is 0 Å². The van der Waals surface area contributed by atoms with Gasteiger partial charge < -0.3 is 14.5 Å².